The first-order valence-corrected chi connectivity index (χ1v) is 6.65. The molecule has 1 aliphatic carbocycles. The second-order valence-electron chi connectivity index (χ2n) is 5.51. The predicted octanol–water partition coefficient (Wildman–Crippen LogP) is 2.50. The van der Waals surface area contributed by atoms with Crippen LogP contribution in [0.4, 0.5) is 0 Å². The normalized spacial score (nSPS) is 22.4. The highest BCUT2D eigenvalue weighted by atomic mass is 15.1. The predicted molar refractivity (Wildman–Crippen MR) is 70.0 cm³/mol. The maximum Gasteiger partial charge on any atom is 0.0956 e. The van der Waals surface area contributed by atoms with Crippen molar-refractivity contribution in [2.75, 3.05) is 20.1 Å². The molecule has 0 bridgehead atoms. The summed E-state index contributed by atoms with van der Waals surface area (Å²) < 4.78 is 2.42. The number of aromatic nitrogens is 2. The first-order chi connectivity index (χ1) is 8.24. The van der Waals surface area contributed by atoms with E-state index in [9.17, 15) is 0 Å². The molecule has 1 aromatic rings. The van der Waals surface area contributed by atoms with Gasteiger partial charge in [-0.15, -0.1) is 0 Å². The summed E-state index contributed by atoms with van der Waals surface area (Å²) in [6.45, 7) is 4.65. The number of hydrogen-bond donors (Lipinski definition) is 0. The average Bonchev–Trinajstić information content (AvgIpc) is 2.73. The van der Waals surface area contributed by atoms with Crippen molar-refractivity contribution >= 4 is 6.08 Å². The van der Waals surface area contributed by atoms with Crippen LogP contribution >= 0.6 is 0 Å². The average molecular weight is 231 g/mol. The molecule has 0 atom stereocenters. The number of rotatable bonds is 1. The zero-order chi connectivity index (χ0) is 11.8. The Morgan fingerprint density at radius 2 is 2.00 bits per heavy atom. The number of likely N-dealkylation sites (tertiary alicyclic amines) is 1. The first-order valence-electron chi connectivity index (χ1n) is 6.65. The van der Waals surface area contributed by atoms with Crippen molar-refractivity contribution in [1.29, 1.82) is 0 Å². The molecule has 0 radical (unpaired) electrons. The molecule has 2 heterocycles. The van der Waals surface area contributed by atoms with Crippen LogP contribution in [0.1, 0.15) is 43.6 Å². The van der Waals surface area contributed by atoms with Gasteiger partial charge in [-0.05, 0) is 58.8 Å². The van der Waals surface area contributed by atoms with E-state index in [-0.39, 0.29) is 0 Å². The summed E-state index contributed by atoms with van der Waals surface area (Å²) in [6.07, 6.45) is 9.22. The van der Waals surface area contributed by atoms with Crippen LogP contribution in [0.15, 0.2) is 11.9 Å². The minimum atomic E-state index is 0.657. The zero-order valence-electron chi connectivity index (χ0n) is 10.8. The van der Waals surface area contributed by atoms with Crippen molar-refractivity contribution in [2.45, 2.75) is 38.6 Å². The van der Waals surface area contributed by atoms with E-state index in [1.807, 2.05) is 0 Å². The standard InChI is InChI=1S/C14H21N3/c1-11-3-4-13-14(9-11)17(10-15-13)12-5-7-16(2)8-6-12/h9-10,12H,3-8H2,1-2H3. The molecule has 17 heavy (non-hydrogen) atoms. The van der Waals surface area contributed by atoms with Gasteiger partial charge in [0.1, 0.15) is 0 Å². The van der Waals surface area contributed by atoms with Gasteiger partial charge < -0.3 is 9.47 Å². The van der Waals surface area contributed by atoms with Gasteiger partial charge in [0.05, 0.1) is 17.7 Å². The van der Waals surface area contributed by atoms with Crippen LogP contribution in [0.25, 0.3) is 6.08 Å². The van der Waals surface area contributed by atoms with Crippen molar-refractivity contribution in [3.63, 3.8) is 0 Å². The Morgan fingerprint density at radius 3 is 2.76 bits per heavy atom. The summed E-state index contributed by atoms with van der Waals surface area (Å²) in [6, 6.07) is 0.657. The molecule has 0 spiro atoms. The van der Waals surface area contributed by atoms with E-state index in [4.69, 9.17) is 0 Å². The van der Waals surface area contributed by atoms with Gasteiger partial charge in [-0.1, -0.05) is 5.57 Å². The SMILES string of the molecule is CC1=Cc2c(ncn2C2CCN(C)CC2)CC1. The summed E-state index contributed by atoms with van der Waals surface area (Å²) in [4.78, 5) is 7.01. The molecule has 1 aliphatic heterocycles. The van der Waals surface area contributed by atoms with Crippen molar-refractivity contribution in [3.05, 3.63) is 23.3 Å². The molecular weight excluding hydrogens is 210 g/mol. The number of imidazole rings is 1. The fraction of sp³-hybridized carbons (Fsp3) is 0.643. The minimum absolute atomic E-state index is 0.657. The maximum absolute atomic E-state index is 4.59. The molecule has 1 aromatic heterocycles. The van der Waals surface area contributed by atoms with Crippen LogP contribution in [0.2, 0.25) is 0 Å². The highest BCUT2D eigenvalue weighted by Crippen LogP contribution is 2.29. The maximum atomic E-state index is 4.59. The molecule has 0 N–H and O–H groups in total. The number of aryl methyl sites for hydroxylation is 1. The lowest BCUT2D eigenvalue weighted by Gasteiger charge is -2.30. The van der Waals surface area contributed by atoms with Crippen LogP contribution < -0.4 is 0 Å². The minimum Gasteiger partial charge on any atom is -0.328 e. The fourth-order valence-corrected chi connectivity index (χ4v) is 2.94. The van der Waals surface area contributed by atoms with E-state index in [0.717, 1.165) is 6.42 Å². The van der Waals surface area contributed by atoms with Gasteiger partial charge in [-0.2, -0.15) is 0 Å². The molecule has 92 valence electrons. The molecule has 0 saturated carbocycles. The third kappa shape index (κ3) is 2.04. The van der Waals surface area contributed by atoms with E-state index in [1.165, 1.54) is 49.3 Å². The Balaban J connectivity index is 1.87. The van der Waals surface area contributed by atoms with Crippen LogP contribution in [-0.2, 0) is 6.42 Å². The molecular formula is C14H21N3. The second kappa shape index (κ2) is 4.30. The number of fused-ring (bicyclic) bond motifs is 1. The Kier molecular flexibility index (Phi) is 2.79. The molecule has 0 unspecified atom stereocenters. The topological polar surface area (TPSA) is 21.1 Å². The fourth-order valence-electron chi connectivity index (χ4n) is 2.94. The van der Waals surface area contributed by atoms with Crippen molar-refractivity contribution < 1.29 is 0 Å². The Bertz CT molecular complexity index is 436. The molecule has 3 heteroatoms. The van der Waals surface area contributed by atoms with E-state index < -0.39 is 0 Å². The number of hydrogen-bond acceptors (Lipinski definition) is 2. The monoisotopic (exact) mass is 231 g/mol. The summed E-state index contributed by atoms with van der Waals surface area (Å²) in [7, 11) is 2.21. The molecule has 0 aromatic carbocycles. The molecule has 3 nitrogen and oxygen atoms in total. The number of nitrogens with zero attached hydrogens (tertiary/aromatic N) is 3. The lowest BCUT2D eigenvalue weighted by Crippen LogP contribution is -2.31. The lowest BCUT2D eigenvalue weighted by atomic mass is 9.99. The van der Waals surface area contributed by atoms with Gasteiger partial charge in [0.2, 0.25) is 0 Å². The van der Waals surface area contributed by atoms with E-state index in [1.54, 1.807) is 0 Å². The third-order valence-corrected chi connectivity index (χ3v) is 4.13. The van der Waals surface area contributed by atoms with Gasteiger partial charge in [-0.25, -0.2) is 4.98 Å². The zero-order valence-corrected chi connectivity index (χ0v) is 10.8. The first kappa shape index (κ1) is 11.0. The Labute approximate surface area is 103 Å². The van der Waals surface area contributed by atoms with Crippen molar-refractivity contribution in [1.82, 2.24) is 14.5 Å². The lowest BCUT2D eigenvalue weighted by molar-refractivity contribution is 0.220. The largest absolute Gasteiger partial charge is 0.328 e. The molecule has 2 aliphatic rings. The van der Waals surface area contributed by atoms with E-state index in [0.29, 0.717) is 6.04 Å². The molecule has 0 amide bonds. The quantitative estimate of drug-likeness (QED) is 0.740. The van der Waals surface area contributed by atoms with E-state index >= 15 is 0 Å². The van der Waals surface area contributed by atoms with E-state index in [2.05, 4.69) is 40.8 Å². The second-order valence-corrected chi connectivity index (χ2v) is 5.51. The molecule has 1 saturated heterocycles. The summed E-state index contributed by atoms with van der Waals surface area (Å²) in [5.41, 5.74) is 4.17. The Hall–Kier alpha value is -1.09. The van der Waals surface area contributed by atoms with Crippen LogP contribution in [-0.4, -0.2) is 34.6 Å². The van der Waals surface area contributed by atoms with Gasteiger partial charge in [-0.3, -0.25) is 0 Å². The molecule has 1 fully saturated rings. The number of allylic oxidation sites excluding steroid dienone is 1. The molecule has 3 rings (SSSR count). The van der Waals surface area contributed by atoms with Gasteiger partial charge >= 0.3 is 0 Å². The van der Waals surface area contributed by atoms with Crippen LogP contribution in [0.3, 0.4) is 0 Å². The summed E-state index contributed by atoms with van der Waals surface area (Å²) in [5, 5.41) is 0. The van der Waals surface area contributed by atoms with Gasteiger partial charge in [0.15, 0.2) is 0 Å². The highest BCUT2D eigenvalue weighted by molar-refractivity contribution is 5.54. The summed E-state index contributed by atoms with van der Waals surface area (Å²) in [5.74, 6) is 0. The van der Waals surface area contributed by atoms with Crippen LogP contribution in [0, 0.1) is 0 Å². The highest BCUT2D eigenvalue weighted by Gasteiger charge is 2.22. The Morgan fingerprint density at radius 1 is 1.24 bits per heavy atom. The third-order valence-electron chi connectivity index (χ3n) is 4.13. The smallest absolute Gasteiger partial charge is 0.0956 e. The van der Waals surface area contributed by atoms with Gasteiger partial charge in [0, 0.05) is 6.04 Å². The number of piperidine rings is 1. The van der Waals surface area contributed by atoms with Crippen molar-refractivity contribution in [2.24, 2.45) is 0 Å². The van der Waals surface area contributed by atoms with Gasteiger partial charge in [0.25, 0.3) is 0 Å². The van der Waals surface area contributed by atoms with Crippen molar-refractivity contribution in [3.8, 4) is 0 Å². The summed E-state index contributed by atoms with van der Waals surface area (Å²) >= 11 is 0. The van der Waals surface area contributed by atoms with Crippen LogP contribution in [0.5, 0.6) is 0 Å².